The van der Waals surface area contributed by atoms with Gasteiger partial charge in [-0.3, -0.25) is 9.79 Å². The van der Waals surface area contributed by atoms with Crippen molar-refractivity contribution in [3.63, 3.8) is 0 Å². The molecule has 2 heterocycles. The van der Waals surface area contributed by atoms with Crippen LogP contribution in [0.25, 0.3) is 0 Å². The minimum absolute atomic E-state index is 0. The van der Waals surface area contributed by atoms with Crippen LogP contribution in [0.3, 0.4) is 0 Å². The van der Waals surface area contributed by atoms with Crippen molar-refractivity contribution in [2.75, 3.05) is 20.1 Å². The van der Waals surface area contributed by atoms with Crippen LogP contribution in [-0.2, 0) is 17.8 Å². The van der Waals surface area contributed by atoms with Gasteiger partial charge < -0.3 is 20.4 Å². The number of carbonyl (C=O) groups is 1. The molecule has 0 aliphatic heterocycles. The summed E-state index contributed by atoms with van der Waals surface area (Å²) in [4.78, 5) is 17.1. The van der Waals surface area contributed by atoms with Gasteiger partial charge in [-0.15, -0.1) is 35.3 Å². The number of hydrogen-bond donors (Lipinski definition) is 3. The number of halogens is 1. The summed E-state index contributed by atoms with van der Waals surface area (Å²) >= 11 is 1.73. The second-order valence-electron chi connectivity index (χ2n) is 4.54. The first-order chi connectivity index (χ1) is 10.8. The Morgan fingerprint density at radius 1 is 1.26 bits per heavy atom. The lowest BCUT2D eigenvalue weighted by Gasteiger charge is -2.11. The molecule has 0 unspecified atom stereocenters. The fourth-order valence-electron chi connectivity index (χ4n) is 1.80. The Balaban J connectivity index is 0.00000264. The summed E-state index contributed by atoms with van der Waals surface area (Å²) in [5, 5.41) is 11.0. The summed E-state index contributed by atoms with van der Waals surface area (Å²) in [6.07, 6.45) is 2.52. The molecule has 0 atom stereocenters. The molecule has 0 fully saturated rings. The number of nitrogens with zero attached hydrogens (tertiary/aromatic N) is 1. The van der Waals surface area contributed by atoms with E-state index < -0.39 is 0 Å². The highest BCUT2D eigenvalue weighted by Crippen LogP contribution is 2.07. The summed E-state index contributed by atoms with van der Waals surface area (Å²) in [6.45, 7) is 1.32. The molecule has 23 heavy (non-hydrogen) atoms. The molecule has 0 saturated carbocycles. The van der Waals surface area contributed by atoms with Gasteiger partial charge in [-0.25, -0.2) is 0 Å². The maximum absolute atomic E-state index is 11.7. The van der Waals surface area contributed by atoms with Crippen molar-refractivity contribution in [2.24, 2.45) is 4.99 Å². The Morgan fingerprint density at radius 2 is 2.13 bits per heavy atom. The van der Waals surface area contributed by atoms with E-state index in [1.54, 1.807) is 30.7 Å². The van der Waals surface area contributed by atoms with Gasteiger partial charge in [0.15, 0.2) is 5.96 Å². The largest absolute Gasteiger partial charge is 0.467 e. The molecule has 3 N–H and O–H groups in total. The van der Waals surface area contributed by atoms with E-state index >= 15 is 0 Å². The van der Waals surface area contributed by atoms with E-state index in [9.17, 15) is 4.79 Å². The summed E-state index contributed by atoms with van der Waals surface area (Å²) in [7, 11) is 1.68. The number of rotatable bonds is 7. The third-order valence-electron chi connectivity index (χ3n) is 2.92. The van der Waals surface area contributed by atoms with Crippen LogP contribution >= 0.6 is 35.3 Å². The van der Waals surface area contributed by atoms with Crippen LogP contribution in [0, 0.1) is 0 Å². The highest BCUT2D eigenvalue weighted by atomic mass is 127. The number of carbonyl (C=O) groups excluding carboxylic acids is 1. The Kier molecular flexibility index (Phi) is 9.37. The number of furan rings is 1. The van der Waals surface area contributed by atoms with Gasteiger partial charge in [-0.2, -0.15) is 0 Å². The molecule has 0 radical (unpaired) electrons. The first kappa shape index (κ1) is 19.5. The molecule has 2 aromatic heterocycles. The number of hydrogen-bond acceptors (Lipinski definition) is 4. The van der Waals surface area contributed by atoms with Gasteiger partial charge in [0.05, 0.1) is 19.4 Å². The van der Waals surface area contributed by atoms with Gasteiger partial charge in [0, 0.05) is 18.5 Å². The van der Waals surface area contributed by atoms with Gasteiger partial charge in [-0.05, 0) is 30.0 Å². The van der Waals surface area contributed by atoms with Gasteiger partial charge in [0.2, 0.25) is 5.91 Å². The van der Waals surface area contributed by atoms with E-state index in [0.29, 0.717) is 12.5 Å². The molecular weight excluding hydrogens is 427 g/mol. The molecule has 2 aromatic rings. The molecule has 1 amide bonds. The van der Waals surface area contributed by atoms with E-state index in [2.05, 4.69) is 32.4 Å². The maximum Gasteiger partial charge on any atom is 0.239 e. The summed E-state index contributed by atoms with van der Waals surface area (Å²) < 4.78 is 5.15. The topological polar surface area (TPSA) is 78.7 Å². The molecule has 0 aliphatic rings. The van der Waals surface area contributed by atoms with Crippen molar-refractivity contribution >= 4 is 47.2 Å². The average molecular weight is 448 g/mol. The van der Waals surface area contributed by atoms with E-state index in [1.807, 2.05) is 12.1 Å². The fraction of sp³-hybridized carbons (Fsp3) is 0.333. The molecular formula is C15H21IN4O2S. The van der Waals surface area contributed by atoms with Crippen LogP contribution in [-0.4, -0.2) is 32.0 Å². The smallest absolute Gasteiger partial charge is 0.239 e. The number of guanidine groups is 1. The summed E-state index contributed by atoms with van der Waals surface area (Å²) in [5.74, 6) is 1.23. The standard InChI is InChI=1S/C15H20N4O2S.HI/c1-16-15(17-7-6-13-5-3-9-22-13)19-11-14(20)18-10-12-4-2-8-21-12;/h2-5,8-9H,6-7,10-11H2,1H3,(H,18,20)(H2,16,17,19);1H. The third-order valence-corrected chi connectivity index (χ3v) is 3.86. The quantitative estimate of drug-likeness (QED) is 0.344. The minimum atomic E-state index is -0.113. The SMILES string of the molecule is CN=C(NCCc1cccs1)NCC(=O)NCc1ccco1.I. The zero-order chi connectivity index (χ0) is 15.6. The molecule has 0 aromatic carbocycles. The maximum atomic E-state index is 11.7. The Hall–Kier alpha value is -1.55. The molecule has 0 aliphatic carbocycles. The minimum Gasteiger partial charge on any atom is -0.467 e. The first-order valence-electron chi connectivity index (χ1n) is 7.04. The van der Waals surface area contributed by atoms with Crippen molar-refractivity contribution in [1.82, 2.24) is 16.0 Å². The Morgan fingerprint density at radius 3 is 2.78 bits per heavy atom. The van der Waals surface area contributed by atoms with E-state index in [-0.39, 0.29) is 36.4 Å². The van der Waals surface area contributed by atoms with Crippen LogP contribution in [0.15, 0.2) is 45.3 Å². The molecule has 126 valence electrons. The lowest BCUT2D eigenvalue weighted by atomic mass is 10.3. The van der Waals surface area contributed by atoms with Crippen LogP contribution in [0.4, 0.5) is 0 Å². The van der Waals surface area contributed by atoms with Crippen LogP contribution in [0.1, 0.15) is 10.6 Å². The monoisotopic (exact) mass is 448 g/mol. The van der Waals surface area contributed by atoms with Crippen LogP contribution < -0.4 is 16.0 Å². The van der Waals surface area contributed by atoms with Crippen molar-refractivity contribution in [3.8, 4) is 0 Å². The zero-order valence-corrected chi connectivity index (χ0v) is 16.0. The normalized spacial score (nSPS) is 10.7. The molecule has 0 spiro atoms. The number of amides is 1. The van der Waals surface area contributed by atoms with Crippen molar-refractivity contribution in [3.05, 3.63) is 46.5 Å². The van der Waals surface area contributed by atoms with E-state index in [1.165, 1.54) is 4.88 Å². The molecule has 2 rings (SSSR count). The molecule has 6 nitrogen and oxygen atoms in total. The highest BCUT2D eigenvalue weighted by Gasteiger charge is 2.04. The molecule has 8 heteroatoms. The number of aliphatic imine (C=N–C) groups is 1. The predicted molar refractivity (Wildman–Crippen MR) is 103 cm³/mol. The Labute approximate surface area is 156 Å². The second kappa shape index (κ2) is 11.1. The van der Waals surface area contributed by atoms with Crippen molar-refractivity contribution in [2.45, 2.75) is 13.0 Å². The lowest BCUT2D eigenvalue weighted by molar-refractivity contribution is -0.120. The molecule has 0 saturated heterocycles. The lowest BCUT2D eigenvalue weighted by Crippen LogP contribution is -2.43. The van der Waals surface area contributed by atoms with Gasteiger partial charge in [0.1, 0.15) is 5.76 Å². The highest BCUT2D eigenvalue weighted by molar-refractivity contribution is 14.0. The second-order valence-corrected chi connectivity index (χ2v) is 5.57. The Bertz CT molecular complexity index is 585. The van der Waals surface area contributed by atoms with Crippen LogP contribution in [0.5, 0.6) is 0 Å². The first-order valence-corrected chi connectivity index (χ1v) is 7.92. The van der Waals surface area contributed by atoms with Crippen molar-refractivity contribution in [1.29, 1.82) is 0 Å². The molecule has 0 bridgehead atoms. The summed E-state index contributed by atoms with van der Waals surface area (Å²) in [5.41, 5.74) is 0. The zero-order valence-electron chi connectivity index (χ0n) is 12.9. The third kappa shape index (κ3) is 7.51. The fourth-order valence-corrected chi connectivity index (χ4v) is 2.51. The van der Waals surface area contributed by atoms with Gasteiger partial charge in [0.25, 0.3) is 0 Å². The average Bonchev–Trinajstić information content (AvgIpc) is 3.21. The summed E-state index contributed by atoms with van der Waals surface area (Å²) in [6, 6.07) is 7.75. The van der Waals surface area contributed by atoms with Gasteiger partial charge in [-0.1, -0.05) is 6.07 Å². The predicted octanol–water partition coefficient (Wildman–Crippen LogP) is 1.98. The number of thiophene rings is 1. The number of nitrogens with one attached hydrogen (secondary N) is 3. The van der Waals surface area contributed by atoms with Gasteiger partial charge >= 0.3 is 0 Å². The van der Waals surface area contributed by atoms with E-state index in [0.717, 1.165) is 18.7 Å². The van der Waals surface area contributed by atoms with Crippen LogP contribution in [0.2, 0.25) is 0 Å². The van der Waals surface area contributed by atoms with Crippen molar-refractivity contribution < 1.29 is 9.21 Å². The van der Waals surface area contributed by atoms with E-state index in [4.69, 9.17) is 4.42 Å².